The quantitative estimate of drug-likeness (QED) is 0.497. The topological polar surface area (TPSA) is 40.5 Å². The molecular formula is C7H10BClO2. The molecule has 0 rings (SSSR count). The molecule has 0 atom stereocenters. The fourth-order valence-corrected chi connectivity index (χ4v) is 0.501. The molecule has 2 N–H and O–H groups in total. The standard InChI is InChI=1S/C7H10BClO2/c1-5(2)7(9)4-6(3)8(10)11/h4,10-11H,1,3H2,2H3/b7-4+. The predicted octanol–water partition coefficient (Wildman–Crippen LogP) is 1.25. The van der Waals surface area contributed by atoms with E-state index in [0.717, 1.165) is 0 Å². The van der Waals surface area contributed by atoms with Crippen LogP contribution in [0.5, 0.6) is 0 Å². The normalized spacial score (nSPS) is 11.1. The minimum atomic E-state index is -1.55. The van der Waals surface area contributed by atoms with Crippen LogP contribution in [-0.4, -0.2) is 17.2 Å². The maximum Gasteiger partial charge on any atom is 0.487 e. The summed E-state index contributed by atoms with van der Waals surface area (Å²) >= 11 is 5.63. The van der Waals surface area contributed by atoms with Gasteiger partial charge in [0.05, 0.1) is 0 Å². The molecule has 0 unspecified atom stereocenters. The van der Waals surface area contributed by atoms with Crippen molar-refractivity contribution >= 4 is 18.7 Å². The molecule has 0 spiro atoms. The van der Waals surface area contributed by atoms with Crippen molar-refractivity contribution in [1.29, 1.82) is 0 Å². The van der Waals surface area contributed by atoms with Gasteiger partial charge < -0.3 is 10.0 Å². The van der Waals surface area contributed by atoms with Gasteiger partial charge in [-0.25, -0.2) is 0 Å². The lowest BCUT2D eigenvalue weighted by Gasteiger charge is -1.98. The van der Waals surface area contributed by atoms with Gasteiger partial charge in [-0.2, -0.15) is 0 Å². The molecule has 0 aromatic carbocycles. The molecule has 0 fully saturated rings. The molecular weight excluding hydrogens is 162 g/mol. The van der Waals surface area contributed by atoms with Crippen molar-refractivity contribution in [2.45, 2.75) is 6.92 Å². The Hall–Kier alpha value is -0.505. The molecule has 2 nitrogen and oxygen atoms in total. The number of rotatable bonds is 3. The summed E-state index contributed by atoms with van der Waals surface area (Å²) in [7, 11) is -1.55. The van der Waals surface area contributed by atoms with Crippen molar-refractivity contribution in [3.8, 4) is 0 Å². The summed E-state index contributed by atoms with van der Waals surface area (Å²) in [5, 5.41) is 17.5. The molecule has 0 radical (unpaired) electrons. The molecule has 0 aromatic heterocycles. The highest BCUT2D eigenvalue weighted by Gasteiger charge is 2.09. The Morgan fingerprint density at radius 3 is 2.18 bits per heavy atom. The van der Waals surface area contributed by atoms with E-state index in [9.17, 15) is 0 Å². The van der Waals surface area contributed by atoms with Gasteiger partial charge in [0.15, 0.2) is 0 Å². The fourth-order valence-electron chi connectivity index (χ4n) is 0.361. The molecule has 60 valence electrons. The first-order valence-corrected chi connectivity index (χ1v) is 3.41. The summed E-state index contributed by atoms with van der Waals surface area (Å²) < 4.78 is 0. The van der Waals surface area contributed by atoms with E-state index in [1.807, 2.05) is 0 Å². The summed E-state index contributed by atoms with van der Waals surface area (Å²) in [6.07, 6.45) is 1.37. The van der Waals surface area contributed by atoms with Crippen LogP contribution in [0.2, 0.25) is 0 Å². The first-order valence-electron chi connectivity index (χ1n) is 3.03. The molecule has 11 heavy (non-hydrogen) atoms. The largest absolute Gasteiger partial charge is 0.487 e. The first-order chi connectivity index (χ1) is 4.95. The third kappa shape index (κ3) is 4.04. The summed E-state index contributed by atoms with van der Waals surface area (Å²) in [4.78, 5) is 0. The summed E-state index contributed by atoms with van der Waals surface area (Å²) in [5.74, 6) is 0. The third-order valence-electron chi connectivity index (χ3n) is 1.05. The van der Waals surface area contributed by atoms with Gasteiger partial charge in [-0.3, -0.25) is 0 Å². The van der Waals surface area contributed by atoms with E-state index in [1.54, 1.807) is 6.92 Å². The highest BCUT2D eigenvalue weighted by Crippen LogP contribution is 2.14. The molecule has 0 aromatic rings. The Kier molecular flexibility index (Phi) is 4.19. The van der Waals surface area contributed by atoms with Crippen LogP contribution in [0.4, 0.5) is 0 Å². The van der Waals surface area contributed by atoms with Gasteiger partial charge in [0, 0.05) is 5.03 Å². The van der Waals surface area contributed by atoms with E-state index in [4.69, 9.17) is 21.6 Å². The van der Waals surface area contributed by atoms with Crippen LogP contribution in [0.3, 0.4) is 0 Å². The zero-order valence-corrected chi connectivity index (χ0v) is 7.10. The number of allylic oxidation sites excluding steroid dienone is 4. The van der Waals surface area contributed by atoms with Crippen molar-refractivity contribution in [3.05, 3.63) is 35.3 Å². The summed E-state index contributed by atoms with van der Waals surface area (Å²) in [6, 6.07) is 0. The minimum absolute atomic E-state index is 0.151. The molecule has 0 bridgehead atoms. The van der Waals surface area contributed by atoms with Gasteiger partial charge in [-0.15, -0.1) is 0 Å². The fraction of sp³-hybridized carbons (Fsp3) is 0.143. The van der Waals surface area contributed by atoms with E-state index in [2.05, 4.69) is 13.2 Å². The van der Waals surface area contributed by atoms with Crippen molar-refractivity contribution < 1.29 is 10.0 Å². The number of hydrogen-bond donors (Lipinski definition) is 2. The van der Waals surface area contributed by atoms with Crippen LogP contribution in [0, 0.1) is 0 Å². The molecule has 0 aliphatic rings. The van der Waals surface area contributed by atoms with E-state index < -0.39 is 7.12 Å². The van der Waals surface area contributed by atoms with Crippen LogP contribution < -0.4 is 0 Å². The smallest absolute Gasteiger partial charge is 0.423 e. The van der Waals surface area contributed by atoms with E-state index in [1.165, 1.54) is 6.08 Å². The van der Waals surface area contributed by atoms with E-state index >= 15 is 0 Å². The van der Waals surface area contributed by atoms with Crippen molar-refractivity contribution in [2.24, 2.45) is 0 Å². The predicted molar refractivity (Wildman–Crippen MR) is 48.1 cm³/mol. The Bertz CT molecular complexity index is 208. The van der Waals surface area contributed by atoms with Crippen molar-refractivity contribution in [2.75, 3.05) is 0 Å². The highest BCUT2D eigenvalue weighted by molar-refractivity contribution is 6.52. The second-order valence-electron chi connectivity index (χ2n) is 2.22. The van der Waals surface area contributed by atoms with Crippen LogP contribution in [0.15, 0.2) is 35.3 Å². The maximum atomic E-state index is 8.57. The molecule has 0 saturated heterocycles. The van der Waals surface area contributed by atoms with Crippen molar-refractivity contribution in [3.63, 3.8) is 0 Å². The minimum Gasteiger partial charge on any atom is -0.423 e. The lowest BCUT2D eigenvalue weighted by Crippen LogP contribution is -2.12. The van der Waals surface area contributed by atoms with Crippen molar-refractivity contribution in [1.82, 2.24) is 0 Å². The van der Waals surface area contributed by atoms with Gasteiger partial charge in [-0.1, -0.05) is 24.8 Å². The van der Waals surface area contributed by atoms with Gasteiger partial charge in [0.2, 0.25) is 0 Å². The van der Waals surface area contributed by atoms with Gasteiger partial charge in [0.1, 0.15) is 0 Å². The van der Waals surface area contributed by atoms with Crippen LogP contribution in [0.1, 0.15) is 6.92 Å². The van der Waals surface area contributed by atoms with Crippen LogP contribution >= 0.6 is 11.6 Å². The number of halogens is 1. The summed E-state index contributed by atoms with van der Waals surface area (Å²) in [5.41, 5.74) is 0.812. The monoisotopic (exact) mass is 172 g/mol. The third-order valence-corrected chi connectivity index (χ3v) is 1.48. The molecule has 0 amide bonds. The average Bonchev–Trinajstić information content (AvgIpc) is 1.87. The molecule has 0 heterocycles. The average molecular weight is 172 g/mol. The lowest BCUT2D eigenvalue weighted by atomic mass is 9.80. The SMILES string of the molecule is C=C(/C=C(/Cl)C(=C)C)B(O)O. The Morgan fingerprint density at radius 2 is 1.91 bits per heavy atom. The van der Waals surface area contributed by atoms with Gasteiger partial charge in [-0.05, 0) is 24.0 Å². The molecule has 0 saturated carbocycles. The Morgan fingerprint density at radius 1 is 1.45 bits per heavy atom. The molecule has 4 heteroatoms. The molecule has 0 aliphatic carbocycles. The first kappa shape index (κ1) is 10.5. The van der Waals surface area contributed by atoms with E-state index in [-0.39, 0.29) is 5.47 Å². The highest BCUT2D eigenvalue weighted by atomic mass is 35.5. The second-order valence-corrected chi connectivity index (χ2v) is 2.63. The van der Waals surface area contributed by atoms with Gasteiger partial charge >= 0.3 is 7.12 Å². The molecule has 0 aliphatic heterocycles. The van der Waals surface area contributed by atoms with Crippen LogP contribution in [-0.2, 0) is 0 Å². The second kappa shape index (κ2) is 4.39. The number of hydrogen-bond acceptors (Lipinski definition) is 2. The lowest BCUT2D eigenvalue weighted by molar-refractivity contribution is 0.421. The summed E-state index contributed by atoms with van der Waals surface area (Å²) in [6.45, 7) is 8.66. The Balaban J connectivity index is 4.32. The van der Waals surface area contributed by atoms with E-state index in [0.29, 0.717) is 10.6 Å². The maximum absolute atomic E-state index is 8.57. The zero-order chi connectivity index (χ0) is 9.02. The van der Waals surface area contributed by atoms with Crippen LogP contribution in [0.25, 0.3) is 0 Å². The zero-order valence-electron chi connectivity index (χ0n) is 6.34. The van der Waals surface area contributed by atoms with Gasteiger partial charge in [0.25, 0.3) is 0 Å². The Labute approximate surface area is 71.6 Å².